The van der Waals surface area contributed by atoms with Gasteiger partial charge in [0.25, 0.3) is 0 Å². The van der Waals surface area contributed by atoms with Gasteiger partial charge >= 0.3 is 11.5 Å². The SMILES string of the molecule is O=C(O)C1CCN(S(=O)(=O)c2ccc(SC(F)(F)F)cc2)C1. The molecule has 2 rings (SSSR count). The van der Waals surface area contributed by atoms with Gasteiger partial charge in [-0.25, -0.2) is 8.42 Å². The fraction of sp³-hybridized carbons (Fsp3) is 0.417. The number of carbonyl (C=O) groups is 1. The van der Waals surface area contributed by atoms with Crippen molar-refractivity contribution in [2.24, 2.45) is 5.92 Å². The Kier molecular flexibility index (Phi) is 4.73. The Balaban J connectivity index is 2.15. The molecule has 0 radical (unpaired) electrons. The zero-order valence-corrected chi connectivity index (χ0v) is 12.7. The number of hydrogen-bond donors (Lipinski definition) is 1. The molecule has 0 spiro atoms. The number of carboxylic acid groups (broad SMARTS) is 1. The molecule has 5 nitrogen and oxygen atoms in total. The van der Waals surface area contributed by atoms with E-state index in [1.807, 2.05) is 0 Å². The Morgan fingerprint density at radius 3 is 2.32 bits per heavy atom. The maximum absolute atomic E-state index is 12.3. The van der Waals surface area contributed by atoms with Crippen molar-refractivity contribution in [3.8, 4) is 0 Å². The van der Waals surface area contributed by atoms with Gasteiger partial charge in [0.2, 0.25) is 10.0 Å². The quantitative estimate of drug-likeness (QED) is 0.840. The second kappa shape index (κ2) is 6.09. The second-order valence-corrected chi connectivity index (χ2v) is 7.78. The van der Waals surface area contributed by atoms with Gasteiger partial charge < -0.3 is 5.11 Å². The highest BCUT2D eigenvalue weighted by Gasteiger charge is 2.36. The maximum Gasteiger partial charge on any atom is 0.446 e. The Labute approximate surface area is 129 Å². The molecule has 0 amide bonds. The number of alkyl halides is 3. The van der Waals surface area contributed by atoms with Crippen molar-refractivity contribution in [1.82, 2.24) is 4.31 Å². The fourth-order valence-electron chi connectivity index (χ4n) is 2.11. The van der Waals surface area contributed by atoms with Crippen molar-refractivity contribution in [2.75, 3.05) is 13.1 Å². The molecule has 10 heteroatoms. The summed E-state index contributed by atoms with van der Waals surface area (Å²) in [5.74, 6) is -1.82. The molecule has 1 heterocycles. The summed E-state index contributed by atoms with van der Waals surface area (Å²) in [6, 6.07) is 4.35. The number of halogens is 3. The van der Waals surface area contributed by atoms with E-state index in [1.54, 1.807) is 0 Å². The first-order valence-corrected chi connectivity index (χ1v) is 8.44. The highest BCUT2D eigenvalue weighted by molar-refractivity contribution is 8.00. The standard InChI is InChI=1S/C12H12F3NO4S2/c13-12(14,15)21-9-1-3-10(4-2-9)22(19,20)16-6-5-8(7-16)11(17)18/h1-4,8H,5-7H2,(H,17,18). The number of benzene rings is 1. The molecule has 1 fully saturated rings. The van der Waals surface area contributed by atoms with Gasteiger partial charge in [-0.1, -0.05) is 0 Å². The van der Waals surface area contributed by atoms with E-state index in [1.165, 1.54) is 0 Å². The third-order valence-electron chi connectivity index (χ3n) is 3.20. The zero-order valence-electron chi connectivity index (χ0n) is 11.1. The van der Waals surface area contributed by atoms with Gasteiger partial charge in [-0.2, -0.15) is 17.5 Å². The lowest BCUT2D eigenvalue weighted by molar-refractivity contribution is -0.141. The minimum absolute atomic E-state index is 0.0817. The fourth-order valence-corrected chi connectivity index (χ4v) is 4.15. The molecule has 1 aliphatic heterocycles. The van der Waals surface area contributed by atoms with Gasteiger partial charge in [0, 0.05) is 18.0 Å². The van der Waals surface area contributed by atoms with Gasteiger partial charge in [0.05, 0.1) is 10.8 Å². The van der Waals surface area contributed by atoms with Crippen LogP contribution in [0.15, 0.2) is 34.1 Å². The molecule has 1 saturated heterocycles. The van der Waals surface area contributed by atoms with Crippen LogP contribution in [-0.4, -0.2) is 42.4 Å². The van der Waals surface area contributed by atoms with Crippen LogP contribution in [0.4, 0.5) is 13.2 Å². The van der Waals surface area contributed by atoms with Crippen LogP contribution in [0.3, 0.4) is 0 Å². The molecular formula is C12H12F3NO4S2. The number of sulfonamides is 1. The smallest absolute Gasteiger partial charge is 0.446 e. The summed E-state index contributed by atoms with van der Waals surface area (Å²) in [5, 5.41) is 8.88. The Hall–Kier alpha value is -1.26. The Bertz CT molecular complexity index is 658. The van der Waals surface area contributed by atoms with Crippen LogP contribution >= 0.6 is 11.8 Å². The lowest BCUT2D eigenvalue weighted by Gasteiger charge is -2.16. The van der Waals surface area contributed by atoms with E-state index in [0.29, 0.717) is 0 Å². The number of hydrogen-bond acceptors (Lipinski definition) is 4. The summed E-state index contributed by atoms with van der Waals surface area (Å²) in [4.78, 5) is 10.6. The minimum atomic E-state index is -4.44. The molecule has 1 unspecified atom stereocenters. The predicted molar refractivity (Wildman–Crippen MR) is 72.9 cm³/mol. The molecule has 22 heavy (non-hydrogen) atoms. The molecule has 122 valence electrons. The average Bonchev–Trinajstić information content (AvgIpc) is 2.87. The largest absolute Gasteiger partial charge is 0.481 e. The molecule has 0 aromatic heterocycles. The van der Waals surface area contributed by atoms with Gasteiger partial charge in [-0.15, -0.1) is 0 Å². The van der Waals surface area contributed by atoms with Crippen LogP contribution in [0.5, 0.6) is 0 Å². The van der Waals surface area contributed by atoms with Crippen molar-refractivity contribution in [1.29, 1.82) is 0 Å². The zero-order chi connectivity index (χ0) is 16.5. The maximum atomic E-state index is 12.3. The highest BCUT2D eigenvalue weighted by Crippen LogP contribution is 2.37. The lowest BCUT2D eigenvalue weighted by Crippen LogP contribution is -2.30. The van der Waals surface area contributed by atoms with Crippen molar-refractivity contribution in [2.45, 2.75) is 21.7 Å². The van der Waals surface area contributed by atoms with E-state index in [0.717, 1.165) is 28.6 Å². The number of aliphatic carboxylic acids is 1. The van der Waals surface area contributed by atoms with E-state index >= 15 is 0 Å². The van der Waals surface area contributed by atoms with Crippen LogP contribution in [-0.2, 0) is 14.8 Å². The summed E-state index contributed by atoms with van der Waals surface area (Å²) in [5.41, 5.74) is -4.44. The van der Waals surface area contributed by atoms with Gasteiger partial charge in [0.15, 0.2) is 0 Å². The molecule has 0 bridgehead atoms. The first kappa shape index (κ1) is 17.1. The van der Waals surface area contributed by atoms with Crippen molar-refractivity contribution < 1.29 is 31.5 Å². The summed E-state index contributed by atoms with van der Waals surface area (Å²) >= 11 is -0.330. The summed E-state index contributed by atoms with van der Waals surface area (Å²) in [7, 11) is -3.89. The van der Waals surface area contributed by atoms with E-state index < -0.39 is 27.4 Å². The molecule has 1 aliphatic rings. The summed E-state index contributed by atoms with van der Waals surface area (Å²) in [6.45, 7) is -0.0466. The molecule has 0 aliphatic carbocycles. The molecule has 1 aromatic carbocycles. The van der Waals surface area contributed by atoms with Gasteiger partial charge in [0.1, 0.15) is 0 Å². The normalized spacial score (nSPS) is 20.2. The van der Waals surface area contributed by atoms with E-state index in [2.05, 4.69) is 0 Å². The third-order valence-corrected chi connectivity index (χ3v) is 5.81. The van der Waals surface area contributed by atoms with Crippen LogP contribution in [0.2, 0.25) is 0 Å². The molecule has 1 N–H and O–H groups in total. The molecule has 1 aromatic rings. The molecule has 0 saturated carbocycles. The predicted octanol–water partition coefficient (Wildman–Crippen LogP) is 2.39. The van der Waals surface area contributed by atoms with Crippen molar-refractivity contribution in [3.63, 3.8) is 0 Å². The molecular weight excluding hydrogens is 343 g/mol. The Morgan fingerprint density at radius 1 is 1.27 bits per heavy atom. The Morgan fingerprint density at radius 2 is 1.86 bits per heavy atom. The van der Waals surface area contributed by atoms with Crippen LogP contribution < -0.4 is 0 Å². The van der Waals surface area contributed by atoms with Gasteiger partial charge in [-0.05, 0) is 42.4 Å². The average molecular weight is 355 g/mol. The first-order chi connectivity index (χ1) is 10.1. The van der Waals surface area contributed by atoms with Crippen LogP contribution in [0.25, 0.3) is 0 Å². The third kappa shape index (κ3) is 3.93. The second-order valence-electron chi connectivity index (χ2n) is 4.71. The number of rotatable bonds is 4. The van der Waals surface area contributed by atoms with Crippen LogP contribution in [0, 0.1) is 5.92 Å². The lowest BCUT2D eigenvalue weighted by atomic mass is 10.1. The first-order valence-electron chi connectivity index (χ1n) is 6.18. The van der Waals surface area contributed by atoms with E-state index in [9.17, 15) is 26.4 Å². The minimum Gasteiger partial charge on any atom is -0.481 e. The topological polar surface area (TPSA) is 74.7 Å². The van der Waals surface area contributed by atoms with Crippen LogP contribution in [0.1, 0.15) is 6.42 Å². The van der Waals surface area contributed by atoms with Crippen molar-refractivity contribution in [3.05, 3.63) is 24.3 Å². The summed E-state index contributed by atoms with van der Waals surface area (Å²) < 4.78 is 62.3. The molecule has 1 atom stereocenters. The number of nitrogens with zero attached hydrogens (tertiary/aromatic N) is 1. The monoisotopic (exact) mass is 355 g/mol. The van der Waals surface area contributed by atoms with E-state index in [4.69, 9.17) is 5.11 Å². The number of thioether (sulfide) groups is 1. The highest BCUT2D eigenvalue weighted by atomic mass is 32.2. The number of carboxylic acids is 1. The van der Waals surface area contributed by atoms with E-state index in [-0.39, 0.29) is 41.1 Å². The van der Waals surface area contributed by atoms with Crippen molar-refractivity contribution >= 4 is 27.8 Å². The summed E-state index contributed by atoms with van der Waals surface area (Å²) in [6.07, 6.45) is 0.219. The van der Waals surface area contributed by atoms with Gasteiger partial charge in [-0.3, -0.25) is 4.79 Å².